The van der Waals surface area contributed by atoms with Gasteiger partial charge in [-0.1, -0.05) is 12.2 Å². The van der Waals surface area contributed by atoms with Crippen LogP contribution in [-0.4, -0.2) is 67.3 Å². The smallest absolute Gasteiger partial charge is 0.347 e. The molecule has 2 aliphatic rings. The van der Waals surface area contributed by atoms with E-state index in [1.807, 2.05) is 5.43 Å². The van der Waals surface area contributed by atoms with Gasteiger partial charge in [-0.3, -0.25) is 10.2 Å². The Morgan fingerprint density at radius 2 is 1.13 bits per heavy atom. The first-order chi connectivity index (χ1) is 24.7. The van der Waals surface area contributed by atoms with Gasteiger partial charge in [0.05, 0.1) is 34.5 Å². The van der Waals surface area contributed by atoms with E-state index < -0.39 is 82.2 Å². The van der Waals surface area contributed by atoms with E-state index in [4.69, 9.17) is 33.9 Å². The van der Waals surface area contributed by atoms with Crippen molar-refractivity contribution in [1.29, 1.82) is 0 Å². The number of ether oxygens (including phenoxy) is 1. The van der Waals surface area contributed by atoms with Crippen molar-refractivity contribution in [3.8, 4) is 0 Å². The number of carboxylic acids is 2. The van der Waals surface area contributed by atoms with Crippen LogP contribution in [0.4, 0.5) is 26.3 Å². The third kappa shape index (κ3) is 12.0. The summed E-state index contributed by atoms with van der Waals surface area (Å²) in [5.74, 6) is -8.21. The van der Waals surface area contributed by atoms with Crippen LogP contribution in [0.25, 0.3) is 0 Å². The quantitative estimate of drug-likeness (QED) is 0.0338. The number of rotatable bonds is 6. The molecular weight excluding hydrogens is 785 g/mol. The number of benzene rings is 3. The Hall–Kier alpha value is -6.11. The van der Waals surface area contributed by atoms with Crippen molar-refractivity contribution < 1.29 is 65.3 Å². The summed E-state index contributed by atoms with van der Waals surface area (Å²) in [6.07, 6.45) is 0.209. The number of nitrogens with zero attached hydrogens (tertiary/aromatic N) is 1. The number of halogens is 6. The summed E-state index contributed by atoms with van der Waals surface area (Å²) in [5, 5.41) is 23.7. The molecule has 0 spiro atoms. The lowest BCUT2D eigenvalue weighted by Crippen LogP contribution is -2.34. The number of Topliss-reactive ketones (excluding diaryl/α,β-unsaturated/α-hetero) is 1. The summed E-state index contributed by atoms with van der Waals surface area (Å²) in [4.78, 5) is 55.4. The molecule has 280 valence electrons. The topological polar surface area (TPSA) is 262 Å². The number of esters is 2. The molecule has 0 amide bonds. The van der Waals surface area contributed by atoms with E-state index in [9.17, 15) is 50.3 Å². The molecule has 11 N–H and O–H groups in total. The molecule has 0 saturated carbocycles. The van der Waals surface area contributed by atoms with Gasteiger partial charge in [-0.25, -0.2) is 51.4 Å². The zero-order valence-electron chi connectivity index (χ0n) is 25.9. The number of hydrogen-bond donors (Lipinski definition) is 8. The molecule has 0 atom stereocenters. The molecule has 2 aliphatic heterocycles. The van der Waals surface area contributed by atoms with Crippen molar-refractivity contribution in [2.45, 2.75) is 6.42 Å². The SMILES string of the molecule is NC(=S)NCC(=O)c1cc(F)c(F)cc1C(=O)O.NNC(N)=S.O=C(O)c1cc(F)c(F)cc1C1=NNC(=S)C1.O=C1OC(=O)c2cc(F)c(F)cc21. The maximum absolute atomic E-state index is 13.1. The molecule has 24 heteroatoms. The van der Waals surface area contributed by atoms with Crippen LogP contribution in [0.15, 0.2) is 41.5 Å². The Balaban J connectivity index is 0.000000261. The van der Waals surface area contributed by atoms with Crippen molar-refractivity contribution >= 4 is 87.2 Å². The van der Waals surface area contributed by atoms with Gasteiger partial charge >= 0.3 is 23.9 Å². The van der Waals surface area contributed by atoms with E-state index in [2.05, 4.69) is 50.9 Å². The first-order valence-electron chi connectivity index (χ1n) is 13.6. The Morgan fingerprint density at radius 1 is 0.736 bits per heavy atom. The number of thiocarbonyl (C=S) groups is 3. The zero-order chi connectivity index (χ0) is 40.3. The summed E-state index contributed by atoms with van der Waals surface area (Å²) >= 11 is 13.5. The van der Waals surface area contributed by atoms with E-state index >= 15 is 0 Å². The maximum Gasteiger partial charge on any atom is 0.347 e. The largest absolute Gasteiger partial charge is 0.478 e. The highest BCUT2D eigenvalue weighted by Gasteiger charge is 2.31. The summed E-state index contributed by atoms with van der Waals surface area (Å²) in [6, 6.07) is 3.73. The number of ketones is 1. The van der Waals surface area contributed by atoms with Gasteiger partial charge < -0.3 is 37.2 Å². The number of carbonyl (C=O) groups excluding carboxylic acids is 3. The molecule has 15 nitrogen and oxygen atoms in total. The Kier molecular flexibility index (Phi) is 15.4. The van der Waals surface area contributed by atoms with Crippen molar-refractivity contribution in [1.82, 2.24) is 16.2 Å². The molecule has 0 bridgehead atoms. The molecule has 0 aromatic heterocycles. The van der Waals surface area contributed by atoms with Crippen LogP contribution >= 0.6 is 36.7 Å². The van der Waals surface area contributed by atoms with Gasteiger partial charge in [-0.05, 0) is 60.8 Å². The number of fused-ring (bicyclic) bond motifs is 1. The second kappa shape index (κ2) is 18.9. The van der Waals surface area contributed by atoms with Gasteiger partial charge in [0, 0.05) is 17.5 Å². The highest BCUT2D eigenvalue weighted by molar-refractivity contribution is 7.80. The van der Waals surface area contributed by atoms with E-state index in [0.717, 1.165) is 6.07 Å². The van der Waals surface area contributed by atoms with Gasteiger partial charge in [0.25, 0.3) is 0 Å². The molecule has 0 fully saturated rings. The van der Waals surface area contributed by atoms with E-state index in [-0.39, 0.29) is 44.6 Å². The van der Waals surface area contributed by atoms with E-state index in [1.165, 1.54) is 0 Å². The molecule has 3 aromatic rings. The molecule has 0 aliphatic carbocycles. The molecule has 0 saturated heterocycles. The molecule has 0 radical (unpaired) electrons. The second-order valence-electron chi connectivity index (χ2n) is 9.64. The van der Waals surface area contributed by atoms with Crippen molar-refractivity contribution in [2.24, 2.45) is 22.4 Å². The van der Waals surface area contributed by atoms with Crippen LogP contribution in [0.2, 0.25) is 0 Å². The van der Waals surface area contributed by atoms with Crippen LogP contribution in [0, 0.1) is 34.9 Å². The summed E-state index contributed by atoms with van der Waals surface area (Å²) in [5.41, 5.74) is 12.8. The molecule has 2 heterocycles. The lowest BCUT2D eigenvalue weighted by atomic mass is 10.0. The van der Waals surface area contributed by atoms with Gasteiger partial charge in [-0.15, -0.1) is 0 Å². The maximum atomic E-state index is 13.1. The molecule has 53 heavy (non-hydrogen) atoms. The van der Waals surface area contributed by atoms with Crippen molar-refractivity contribution in [2.75, 3.05) is 6.54 Å². The van der Waals surface area contributed by atoms with Crippen LogP contribution in [0.1, 0.15) is 63.8 Å². The highest BCUT2D eigenvalue weighted by Crippen LogP contribution is 2.23. The fourth-order valence-corrected chi connectivity index (χ4v) is 4.03. The summed E-state index contributed by atoms with van der Waals surface area (Å²) in [6.45, 7) is -0.402. The lowest BCUT2D eigenvalue weighted by molar-refractivity contribution is 0.0442. The molecule has 5 rings (SSSR count). The molecule has 3 aromatic carbocycles. The van der Waals surface area contributed by atoms with Gasteiger partial charge in [0.2, 0.25) is 0 Å². The number of hydrazone groups is 1. The highest BCUT2D eigenvalue weighted by atomic mass is 32.1. The first-order valence-corrected chi connectivity index (χ1v) is 14.8. The Morgan fingerprint density at radius 3 is 1.51 bits per heavy atom. The molecular formula is C29H21F6N7O8S3. The Bertz CT molecular complexity index is 2050. The standard InChI is InChI=1S/C10H8F2N2O3S.C10H6F2N2O2S.C8H2F2O3.CH5N3S/c11-6-1-4(8(15)3-14-10(13)18)5(9(16)17)2-7(6)12;11-6-1-4(8-3-9(17)14-13-8)5(10(15)16)2-7(6)12;9-5-1-3-4(2-6(5)10)8(12)13-7(3)11;2-1(5)4-3/h1-2H,3H2,(H,16,17)(H3,13,14,18);1-2H,3H2,(H,14,17)(H,15,16);1-2H;3H2,(H3,2,4,5). The zero-order valence-corrected chi connectivity index (χ0v) is 28.3. The first kappa shape index (κ1) is 43.1. The Labute approximate surface area is 308 Å². The lowest BCUT2D eigenvalue weighted by Gasteiger charge is -2.07. The van der Waals surface area contributed by atoms with Gasteiger partial charge in [0.15, 0.2) is 50.9 Å². The van der Waals surface area contributed by atoms with Crippen LogP contribution in [-0.2, 0) is 4.74 Å². The van der Waals surface area contributed by atoms with Crippen LogP contribution in [0.5, 0.6) is 0 Å². The second-order valence-corrected chi connectivity index (χ2v) is 11.0. The van der Waals surface area contributed by atoms with E-state index in [0.29, 0.717) is 35.3 Å². The van der Waals surface area contributed by atoms with Gasteiger partial charge in [0.1, 0.15) is 4.99 Å². The number of carboxylic acid groups (broad SMARTS) is 2. The number of aromatic carboxylic acids is 2. The summed E-state index contributed by atoms with van der Waals surface area (Å²) < 4.78 is 81.2. The average molecular weight is 806 g/mol. The summed E-state index contributed by atoms with van der Waals surface area (Å²) in [7, 11) is 0. The minimum Gasteiger partial charge on any atom is -0.478 e. The minimum absolute atomic E-state index is 0.0313. The predicted molar refractivity (Wildman–Crippen MR) is 183 cm³/mol. The fourth-order valence-electron chi connectivity index (χ4n) is 3.77. The number of carbonyl (C=O) groups is 5. The predicted octanol–water partition coefficient (Wildman–Crippen LogP) is 2.34. The van der Waals surface area contributed by atoms with E-state index in [1.54, 1.807) is 0 Å². The number of hydrazine groups is 1. The number of nitrogens with two attached hydrogens (primary N) is 3. The van der Waals surface area contributed by atoms with Gasteiger partial charge in [-0.2, -0.15) is 5.10 Å². The number of nitrogens with one attached hydrogen (secondary N) is 3. The van der Waals surface area contributed by atoms with Crippen molar-refractivity contribution in [3.05, 3.63) is 105 Å². The number of cyclic esters (lactones) is 2. The van der Waals surface area contributed by atoms with Crippen LogP contribution in [0.3, 0.4) is 0 Å². The van der Waals surface area contributed by atoms with Crippen LogP contribution < -0.4 is 33.5 Å². The van der Waals surface area contributed by atoms with Crippen molar-refractivity contribution in [3.63, 3.8) is 0 Å². The third-order valence-corrected chi connectivity index (χ3v) is 6.59. The normalized spacial score (nSPS) is 12.1. The number of hydrogen-bond acceptors (Lipinski definition) is 11. The average Bonchev–Trinajstić information content (AvgIpc) is 3.64. The molecule has 0 unspecified atom stereocenters. The third-order valence-electron chi connectivity index (χ3n) is 6.09. The minimum atomic E-state index is -1.53. The monoisotopic (exact) mass is 805 g/mol. The fraction of sp³-hybridized carbons (Fsp3) is 0.0690.